The van der Waals surface area contributed by atoms with Crippen LogP contribution < -0.4 is 10.2 Å². The van der Waals surface area contributed by atoms with E-state index in [0.717, 1.165) is 38.8 Å². The number of carbonyl (C=O) groups is 2. The van der Waals surface area contributed by atoms with E-state index in [1.165, 1.54) is 12.1 Å². The van der Waals surface area contributed by atoms with Crippen LogP contribution in [0.4, 0.5) is 5.69 Å². The highest BCUT2D eigenvalue weighted by Crippen LogP contribution is 2.18. The molecule has 1 aromatic rings. The maximum atomic E-state index is 12.3. The van der Waals surface area contributed by atoms with Crippen LogP contribution in [0, 0.1) is 0 Å². The van der Waals surface area contributed by atoms with Crippen molar-refractivity contribution in [1.29, 1.82) is 0 Å². The lowest BCUT2D eigenvalue weighted by atomic mass is 9.95. The summed E-state index contributed by atoms with van der Waals surface area (Å²) in [6.45, 7) is 2.75. The van der Waals surface area contributed by atoms with E-state index >= 15 is 0 Å². The van der Waals surface area contributed by atoms with Gasteiger partial charge >= 0.3 is 11.8 Å². The van der Waals surface area contributed by atoms with Crippen molar-refractivity contribution in [3.8, 4) is 0 Å². The molecule has 1 aliphatic carbocycles. The van der Waals surface area contributed by atoms with Crippen molar-refractivity contribution in [2.75, 3.05) is 31.1 Å². The number of amides is 2. The molecule has 124 valence electrons. The summed E-state index contributed by atoms with van der Waals surface area (Å²) in [6.07, 6.45) is 5.53. The van der Waals surface area contributed by atoms with Crippen LogP contribution in [-0.2, 0) is 9.59 Å². The van der Waals surface area contributed by atoms with Crippen molar-refractivity contribution >= 4 is 17.5 Å². The second-order valence-electron chi connectivity index (χ2n) is 6.42. The Balaban J connectivity index is 1.48. The zero-order chi connectivity index (χ0) is 16.1. The van der Waals surface area contributed by atoms with Crippen molar-refractivity contribution < 1.29 is 9.59 Å². The van der Waals surface area contributed by atoms with E-state index in [1.807, 2.05) is 18.2 Å². The zero-order valence-corrected chi connectivity index (χ0v) is 13.5. The Morgan fingerprint density at radius 2 is 1.57 bits per heavy atom. The van der Waals surface area contributed by atoms with Crippen LogP contribution in [0.2, 0.25) is 0 Å². The monoisotopic (exact) mass is 315 g/mol. The smallest absolute Gasteiger partial charge is 0.312 e. The summed E-state index contributed by atoms with van der Waals surface area (Å²) in [5, 5.41) is 2.92. The Hall–Kier alpha value is -2.04. The van der Waals surface area contributed by atoms with Gasteiger partial charge < -0.3 is 15.1 Å². The van der Waals surface area contributed by atoms with Gasteiger partial charge in [-0.3, -0.25) is 9.59 Å². The summed E-state index contributed by atoms with van der Waals surface area (Å²) >= 11 is 0. The third kappa shape index (κ3) is 4.03. The van der Waals surface area contributed by atoms with E-state index in [1.54, 1.807) is 4.90 Å². The van der Waals surface area contributed by atoms with Crippen LogP contribution in [0.15, 0.2) is 30.3 Å². The summed E-state index contributed by atoms with van der Waals surface area (Å²) in [6, 6.07) is 10.4. The molecule has 0 unspecified atom stereocenters. The molecule has 1 N–H and O–H groups in total. The second kappa shape index (κ2) is 7.49. The van der Waals surface area contributed by atoms with Gasteiger partial charge in [-0.25, -0.2) is 0 Å². The average molecular weight is 315 g/mol. The molecule has 5 nitrogen and oxygen atoms in total. The summed E-state index contributed by atoms with van der Waals surface area (Å²) in [5.74, 6) is -0.798. The van der Waals surface area contributed by atoms with E-state index in [0.29, 0.717) is 13.1 Å². The van der Waals surface area contributed by atoms with Crippen molar-refractivity contribution in [1.82, 2.24) is 10.2 Å². The van der Waals surface area contributed by atoms with Crippen molar-refractivity contribution in [2.24, 2.45) is 0 Å². The molecule has 1 aliphatic heterocycles. The summed E-state index contributed by atoms with van der Waals surface area (Å²) in [5.41, 5.74) is 1.17. The van der Waals surface area contributed by atoms with Gasteiger partial charge in [-0.15, -0.1) is 0 Å². The molecule has 0 aromatic heterocycles. The van der Waals surface area contributed by atoms with Gasteiger partial charge in [0.1, 0.15) is 0 Å². The molecule has 5 heteroatoms. The zero-order valence-electron chi connectivity index (χ0n) is 13.5. The van der Waals surface area contributed by atoms with Gasteiger partial charge in [0.25, 0.3) is 0 Å². The third-order valence-corrected chi connectivity index (χ3v) is 4.82. The molecule has 3 rings (SSSR count). The molecular weight excluding hydrogens is 290 g/mol. The molecule has 1 aromatic carbocycles. The van der Waals surface area contributed by atoms with Crippen LogP contribution in [0.25, 0.3) is 0 Å². The SMILES string of the molecule is O=C(NC1CCCCC1)C(=O)N1CCN(c2ccccc2)CC1. The molecule has 2 amide bonds. The van der Waals surface area contributed by atoms with E-state index in [2.05, 4.69) is 22.3 Å². The van der Waals surface area contributed by atoms with Crippen LogP contribution >= 0.6 is 0 Å². The van der Waals surface area contributed by atoms with Crippen molar-refractivity contribution in [3.63, 3.8) is 0 Å². The molecule has 0 bridgehead atoms. The largest absolute Gasteiger partial charge is 0.368 e. The van der Waals surface area contributed by atoms with Gasteiger partial charge in [-0.05, 0) is 25.0 Å². The molecule has 1 saturated heterocycles. The fraction of sp³-hybridized carbons (Fsp3) is 0.556. The number of benzene rings is 1. The number of nitrogens with zero attached hydrogens (tertiary/aromatic N) is 2. The number of hydrogen-bond acceptors (Lipinski definition) is 3. The first-order valence-electron chi connectivity index (χ1n) is 8.64. The standard InChI is InChI=1S/C18H25N3O2/c22-17(19-15-7-3-1-4-8-15)18(23)21-13-11-20(12-14-21)16-9-5-2-6-10-16/h2,5-6,9-10,15H,1,3-4,7-8,11-14H2,(H,19,22). The van der Waals surface area contributed by atoms with Gasteiger partial charge in [0.05, 0.1) is 0 Å². The van der Waals surface area contributed by atoms with Gasteiger partial charge in [-0.2, -0.15) is 0 Å². The summed E-state index contributed by atoms with van der Waals surface area (Å²) in [4.78, 5) is 28.4. The maximum absolute atomic E-state index is 12.3. The highest BCUT2D eigenvalue weighted by atomic mass is 16.2. The molecule has 2 fully saturated rings. The molecule has 0 atom stereocenters. The number of rotatable bonds is 2. The first-order chi connectivity index (χ1) is 11.2. The Kier molecular flexibility index (Phi) is 5.16. The first kappa shape index (κ1) is 15.8. The van der Waals surface area contributed by atoms with Crippen LogP contribution in [-0.4, -0.2) is 48.9 Å². The van der Waals surface area contributed by atoms with Gasteiger partial charge in [0.15, 0.2) is 0 Å². The van der Waals surface area contributed by atoms with Crippen LogP contribution in [0.3, 0.4) is 0 Å². The topological polar surface area (TPSA) is 52.7 Å². The van der Waals surface area contributed by atoms with Crippen molar-refractivity contribution in [3.05, 3.63) is 30.3 Å². The first-order valence-corrected chi connectivity index (χ1v) is 8.64. The maximum Gasteiger partial charge on any atom is 0.312 e. The molecular formula is C18H25N3O2. The quantitative estimate of drug-likeness (QED) is 0.847. The number of anilines is 1. The lowest BCUT2D eigenvalue weighted by molar-refractivity contribution is -0.146. The predicted molar refractivity (Wildman–Crippen MR) is 90.3 cm³/mol. The van der Waals surface area contributed by atoms with E-state index in [4.69, 9.17) is 0 Å². The van der Waals surface area contributed by atoms with E-state index in [9.17, 15) is 9.59 Å². The lowest BCUT2D eigenvalue weighted by Gasteiger charge is -2.36. The Morgan fingerprint density at radius 1 is 0.913 bits per heavy atom. The van der Waals surface area contributed by atoms with Crippen LogP contribution in [0.5, 0.6) is 0 Å². The van der Waals surface area contributed by atoms with E-state index < -0.39 is 5.91 Å². The van der Waals surface area contributed by atoms with Crippen LogP contribution in [0.1, 0.15) is 32.1 Å². The fourth-order valence-electron chi connectivity index (χ4n) is 3.44. The van der Waals surface area contributed by atoms with Gasteiger partial charge in [0, 0.05) is 37.9 Å². The lowest BCUT2D eigenvalue weighted by Crippen LogP contribution is -2.54. The minimum Gasteiger partial charge on any atom is -0.368 e. The predicted octanol–water partition coefficient (Wildman–Crippen LogP) is 1.78. The highest BCUT2D eigenvalue weighted by molar-refractivity contribution is 6.35. The van der Waals surface area contributed by atoms with Gasteiger partial charge in [-0.1, -0.05) is 37.5 Å². The molecule has 0 spiro atoms. The Labute approximate surface area is 137 Å². The number of para-hydroxylation sites is 1. The third-order valence-electron chi connectivity index (χ3n) is 4.82. The molecule has 1 saturated carbocycles. The molecule has 23 heavy (non-hydrogen) atoms. The number of carbonyl (C=O) groups excluding carboxylic acids is 2. The highest BCUT2D eigenvalue weighted by Gasteiger charge is 2.27. The number of nitrogens with one attached hydrogen (secondary N) is 1. The Morgan fingerprint density at radius 3 is 2.22 bits per heavy atom. The summed E-state index contributed by atoms with van der Waals surface area (Å²) in [7, 11) is 0. The minimum absolute atomic E-state index is 0.186. The van der Waals surface area contributed by atoms with Crippen molar-refractivity contribution in [2.45, 2.75) is 38.1 Å². The number of hydrogen-bond donors (Lipinski definition) is 1. The second-order valence-corrected chi connectivity index (χ2v) is 6.42. The fourth-order valence-corrected chi connectivity index (χ4v) is 3.44. The number of piperazine rings is 1. The minimum atomic E-state index is -0.426. The summed E-state index contributed by atoms with van der Waals surface area (Å²) < 4.78 is 0. The molecule has 1 heterocycles. The molecule has 2 aliphatic rings. The molecule has 0 radical (unpaired) electrons. The average Bonchev–Trinajstić information content (AvgIpc) is 2.63. The normalized spacial score (nSPS) is 19.5. The van der Waals surface area contributed by atoms with Gasteiger partial charge in [0.2, 0.25) is 0 Å². The van der Waals surface area contributed by atoms with E-state index in [-0.39, 0.29) is 11.9 Å². The Bertz CT molecular complexity index is 532.